The molecular weight excluding hydrogens is 228 g/mol. The number of aromatic nitrogens is 1. The number of hydrogen-bond acceptors (Lipinski definition) is 3. The average Bonchev–Trinajstić information content (AvgIpc) is 2.81. The van der Waals surface area contributed by atoms with E-state index >= 15 is 0 Å². The number of aryl methyl sites for hydroxylation is 2. The summed E-state index contributed by atoms with van der Waals surface area (Å²) in [5, 5.41) is 12.5. The number of carbonyl (C=O) groups is 1. The van der Waals surface area contributed by atoms with Crippen molar-refractivity contribution in [2.45, 2.75) is 52.0 Å². The lowest BCUT2D eigenvalue weighted by atomic mass is 10.1. The molecule has 0 spiro atoms. The number of carboxylic acid groups (broad SMARTS) is 1. The van der Waals surface area contributed by atoms with Crippen LogP contribution in [0.15, 0.2) is 6.07 Å². The second kappa shape index (κ2) is 5.38. The lowest BCUT2D eigenvalue weighted by Gasteiger charge is -2.18. The molecule has 4 nitrogen and oxygen atoms in total. The largest absolute Gasteiger partial charge is 0.478 e. The smallest absolute Gasteiger partial charge is 0.339 e. The molecule has 4 heteroatoms. The van der Waals surface area contributed by atoms with Crippen molar-refractivity contribution in [2.75, 3.05) is 5.32 Å². The van der Waals surface area contributed by atoms with Crippen LogP contribution in [-0.2, 0) is 12.8 Å². The van der Waals surface area contributed by atoms with Gasteiger partial charge in [-0.05, 0) is 43.7 Å². The fourth-order valence-corrected chi connectivity index (χ4v) is 2.43. The zero-order valence-corrected chi connectivity index (χ0v) is 11.0. The van der Waals surface area contributed by atoms with E-state index < -0.39 is 5.97 Å². The zero-order valence-electron chi connectivity index (χ0n) is 11.0. The van der Waals surface area contributed by atoms with Gasteiger partial charge in [-0.3, -0.25) is 0 Å². The Morgan fingerprint density at radius 1 is 1.44 bits per heavy atom. The average molecular weight is 248 g/mol. The molecule has 0 saturated heterocycles. The van der Waals surface area contributed by atoms with E-state index in [1.54, 1.807) is 6.07 Å². The van der Waals surface area contributed by atoms with E-state index in [0.29, 0.717) is 11.4 Å². The highest BCUT2D eigenvalue weighted by atomic mass is 16.4. The quantitative estimate of drug-likeness (QED) is 0.841. The summed E-state index contributed by atoms with van der Waals surface area (Å²) in [4.78, 5) is 15.8. The molecule has 1 aromatic heterocycles. The van der Waals surface area contributed by atoms with E-state index in [1.165, 1.54) is 0 Å². The van der Waals surface area contributed by atoms with E-state index in [4.69, 9.17) is 0 Å². The molecule has 1 aliphatic carbocycles. The second-order valence-electron chi connectivity index (χ2n) is 4.81. The van der Waals surface area contributed by atoms with Crippen molar-refractivity contribution in [3.8, 4) is 0 Å². The molecule has 0 radical (unpaired) electrons. The highest BCUT2D eigenvalue weighted by molar-refractivity contribution is 5.93. The molecule has 0 saturated carbocycles. The first-order chi connectivity index (χ1) is 8.65. The number of anilines is 1. The van der Waals surface area contributed by atoms with Gasteiger partial charge in [0.05, 0.1) is 0 Å². The molecule has 1 heterocycles. The summed E-state index contributed by atoms with van der Waals surface area (Å²) in [5.74, 6) is -0.359. The molecule has 0 atom stereocenters. The SMILES string of the molecule is CCC(CC)Nc1nc2c(cc1C(=O)O)CCC2. The fourth-order valence-electron chi connectivity index (χ4n) is 2.43. The van der Waals surface area contributed by atoms with Crippen molar-refractivity contribution in [1.29, 1.82) is 0 Å². The van der Waals surface area contributed by atoms with Gasteiger partial charge in [-0.1, -0.05) is 13.8 Å². The predicted molar refractivity (Wildman–Crippen MR) is 71.2 cm³/mol. The Hall–Kier alpha value is -1.58. The Bertz CT molecular complexity index is 453. The van der Waals surface area contributed by atoms with Gasteiger partial charge in [0.1, 0.15) is 11.4 Å². The number of rotatable bonds is 5. The maximum atomic E-state index is 11.3. The highest BCUT2D eigenvalue weighted by Gasteiger charge is 2.20. The molecule has 2 N–H and O–H groups in total. The summed E-state index contributed by atoms with van der Waals surface area (Å²) in [7, 11) is 0. The van der Waals surface area contributed by atoms with Crippen LogP contribution in [0, 0.1) is 0 Å². The van der Waals surface area contributed by atoms with Crippen molar-refractivity contribution in [1.82, 2.24) is 4.98 Å². The van der Waals surface area contributed by atoms with Crippen LogP contribution in [-0.4, -0.2) is 22.1 Å². The Balaban J connectivity index is 2.35. The molecule has 0 unspecified atom stereocenters. The lowest BCUT2D eigenvalue weighted by Crippen LogP contribution is -2.20. The second-order valence-corrected chi connectivity index (χ2v) is 4.81. The molecule has 0 bridgehead atoms. The summed E-state index contributed by atoms with van der Waals surface area (Å²) < 4.78 is 0. The highest BCUT2D eigenvalue weighted by Crippen LogP contribution is 2.26. The summed E-state index contributed by atoms with van der Waals surface area (Å²) in [6, 6.07) is 2.08. The van der Waals surface area contributed by atoms with Crippen LogP contribution in [0.25, 0.3) is 0 Å². The van der Waals surface area contributed by atoms with E-state index in [-0.39, 0.29) is 6.04 Å². The summed E-state index contributed by atoms with van der Waals surface area (Å²) >= 11 is 0. The minimum absolute atomic E-state index is 0.287. The van der Waals surface area contributed by atoms with Gasteiger partial charge in [0.25, 0.3) is 0 Å². The maximum Gasteiger partial charge on any atom is 0.339 e. The minimum atomic E-state index is -0.898. The number of nitrogens with one attached hydrogen (secondary N) is 1. The van der Waals surface area contributed by atoms with Crippen LogP contribution in [0.1, 0.15) is 54.7 Å². The van der Waals surface area contributed by atoms with E-state index in [0.717, 1.165) is 43.4 Å². The summed E-state index contributed by atoms with van der Waals surface area (Å²) in [6.07, 6.45) is 4.93. The van der Waals surface area contributed by atoms with Gasteiger partial charge in [0.2, 0.25) is 0 Å². The first kappa shape index (κ1) is 12.9. The summed E-state index contributed by atoms with van der Waals surface area (Å²) in [5.41, 5.74) is 2.47. The van der Waals surface area contributed by atoms with Crippen molar-refractivity contribution in [2.24, 2.45) is 0 Å². The molecule has 18 heavy (non-hydrogen) atoms. The van der Waals surface area contributed by atoms with E-state index in [9.17, 15) is 9.90 Å². The van der Waals surface area contributed by atoms with E-state index in [2.05, 4.69) is 24.1 Å². The molecule has 2 rings (SSSR count). The van der Waals surface area contributed by atoms with Crippen molar-refractivity contribution >= 4 is 11.8 Å². The molecular formula is C14H20N2O2. The van der Waals surface area contributed by atoms with Crippen LogP contribution < -0.4 is 5.32 Å². The van der Waals surface area contributed by atoms with Gasteiger partial charge >= 0.3 is 5.97 Å². The molecule has 0 aliphatic heterocycles. The van der Waals surface area contributed by atoms with Crippen LogP contribution in [0.2, 0.25) is 0 Å². The van der Waals surface area contributed by atoms with Gasteiger partial charge in [-0.25, -0.2) is 9.78 Å². The van der Waals surface area contributed by atoms with Crippen molar-refractivity contribution in [3.63, 3.8) is 0 Å². The summed E-state index contributed by atoms with van der Waals surface area (Å²) in [6.45, 7) is 4.18. The third kappa shape index (κ3) is 2.47. The van der Waals surface area contributed by atoms with Crippen LogP contribution in [0.5, 0.6) is 0 Å². The lowest BCUT2D eigenvalue weighted by molar-refractivity contribution is 0.0697. The van der Waals surface area contributed by atoms with Gasteiger partial charge in [0, 0.05) is 11.7 Å². The van der Waals surface area contributed by atoms with Crippen LogP contribution >= 0.6 is 0 Å². The monoisotopic (exact) mass is 248 g/mol. The topological polar surface area (TPSA) is 62.2 Å². The third-order valence-corrected chi connectivity index (χ3v) is 3.61. The molecule has 1 aliphatic rings. The van der Waals surface area contributed by atoms with Crippen molar-refractivity contribution in [3.05, 3.63) is 22.9 Å². The van der Waals surface area contributed by atoms with Crippen LogP contribution in [0.3, 0.4) is 0 Å². The molecule has 98 valence electrons. The van der Waals surface area contributed by atoms with Gasteiger partial charge in [-0.2, -0.15) is 0 Å². The van der Waals surface area contributed by atoms with Gasteiger partial charge in [0.15, 0.2) is 0 Å². The van der Waals surface area contributed by atoms with Crippen LogP contribution in [0.4, 0.5) is 5.82 Å². The molecule has 0 aromatic carbocycles. The number of carboxylic acids is 1. The first-order valence-corrected chi connectivity index (χ1v) is 6.68. The Labute approximate surface area is 107 Å². The van der Waals surface area contributed by atoms with Gasteiger partial charge in [-0.15, -0.1) is 0 Å². The minimum Gasteiger partial charge on any atom is -0.478 e. The number of nitrogens with zero attached hydrogens (tertiary/aromatic N) is 1. The Morgan fingerprint density at radius 3 is 2.78 bits per heavy atom. The molecule has 0 fully saturated rings. The normalized spacial score (nSPS) is 13.7. The van der Waals surface area contributed by atoms with Gasteiger partial charge < -0.3 is 10.4 Å². The number of hydrogen-bond donors (Lipinski definition) is 2. The molecule has 0 amide bonds. The maximum absolute atomic E-state index is 11.3. The zero-order chi connectivity index (χ0) is 13.1. The number of aromatic carboxylic acids is 1. The first-order valence-electron chi connectivity index (χ1n) is 6.68. The van der Waals surface area contributed by atoms with Crippen molar-refractivity contribution < 1.29 is 9.90 Å². The third-order valence-electron chi connectivity index (χ3n) is 3.61. The Kier molecular flexibility index (Phi) is 3.84. The fraction of sp³-hybridized carbons (Fsp3) is 0.571. The predicted octanol–water partition coefficient (Wildman–Crippen LogP) is 2.87. The number of pyridine rings is 1. The Morgan fingerprint density at radius 2 is 2.17 bits per heavy atom. The standard InChI is InChI=1S/C14H20N2O2/c1-3-10(4-2)15-13-11(14(17)18)8-9-6-5-7-12(9)16-13/h8,10H,3-7H2,1-2H3,(H,15,16)(H,17,18). The van der Waals surface area contributed by atoms with E-state index in [1.807, 2.05) is 0 Å². The number of fused-ring (bicyclic) bond motifs is 1. The molecule has 1 aromatic rings.